The van der Waals surface area contributed by atoms with E-state index in [-0.39, 0.29) is 22.3 Å². The van der Waals surface area contributed by atoms with E-state index in [0.29, 0.717) is 39.6 Å². The monoisotopic (exact) mass is 861 g/mol. The average Bonchev–Trinajstić information content (AvgIpc) is 3.77. The first-order chi connectivity index (χ1) is 26.8. The van der Waals surface area contributed by atoms with Crippen LogP contribution in [-0.4, -0.2) is 68.5 Å². The lowest BCUT2D eigenvalue weighted by atomic mass is 10.1. The fourth-order valence-corrected chi connectivity index (χ4v) is 17.0. The first-order valence-electron chi connectivity index (χ1n) is 21.1. The van der Waals surface area contributed by atoms with E-state index >= 15 is 0 Å². The van der Waals surface area contributed by atoms with Gasteiger partial charge in [-0.25, -0.2) is 9.97 Å². The highest BCUT2D eigenvalue weighted by Crippen LogP contribution is 2.48. The molecule has 0 amide bonds. The minimum absolute atomic E-state index is 0.0291. The maximum atomic E-state index is 7.53. The van der Waals surface area contributed by atoms with Gasteiger partial charge in [0.1, 0.15) is 38.1 Å². The van der Waals surface area contributed by atoms with Gasteiger partial charge in [0, 0.05) is 28.8 Å². The van der Waals surface area contributed by atoms with Crippen molar-refractivity contribution in [3.05, 3.63) is 59.7 Å². The van der Waals surface area contributed by atoms with E-state index in [2.05, 4.69) is 154 Å². The molecule has 1 fully saturated rings. The summed E-state index contributed by atoms with van der Waals surface area (Å²) in [6.45, 7) is 39.0. The lowest BCUT2D eigenvalue weighted by Crippen LogP contribution is -2.53. The molecule has 9 nitrogen and oxygen atoms in total. The number of nitrogens with zero attached hydrogens (tertiary/aromatic N) is 4. The molecule has 3 aromatic heterocycles. The average molecular weight is 862 g/mol. The summed E-state index contributed by atoms with van der Waals surface area (Å²) in [5.74, 6) is 6.32. The van der Waals surface area contributed by atoms with Gasteiger partial charge in [0.05, 0.1) is 22.7 Å². The number of aryl methyl sites for hydroxylation is 1. The summed E-state index contributed by atoms with van der Waals surface area (Å²) >= 11 is 1.81. The van der Waals surface area contributed by atoms with Crippen LogP contribution in [0.25, 0.3) is 22.4 Å². The maximum absolute atomic E-state index is 7.53. The number of ether oxygens (including phenoxy) is 1. The molecule has 58 heavy (non-hydrogen) atoms. The van der Waals surface area contributed by atoms with Crippen LogP contribution in [0.5, 0.6) is 0 Å². The Kier molecular flexibility index (Phi) is 13.9. The number of thioether (sulfide) groups is 1. The van der Waals surface area contributed by atoms with Crippen LogP contribution in [-0.2, 0) is 19.3 Å². The lowest BCUT2D eigenvalue weighted by Gasteiger charge is -2.44. The molecular formula is C45H71N5O4SSi3. The number of rotatable bonds is 13. The Morgan fingerprint density at radius 2 is 1.43 bits per heavy atom. The molecule has 4 atom stereocenters. The van der Waals surface area contributed by atoms with E-state index in [1.54, 1.807) is 6.33 Å². The van der Waals surface area contributed by atoms with Gasteiger partial charge in [-0.2, -0.15) is 11.8 Å². The van der Waals surface area contributed by atoms with Crippen LogP contribution in [0, 0.1) is 18.4 Å². The van der Waals surface area contributed by atoms with Gasteiger partial charge in [-0.05, 0) is 59.8 Å². The normalized spacial score (nSPS) is 19.8. The highest BCUT2D eigenvalue weighted by Gasteiger charge is 2.54. The number of fused-ring (bicyclic) bond motifs is 1. The molecule has 13 heteroatoms. The molecule has 1 aliphatic rings. The van der Waals surface area contributed by atoms with Gasteiger partial charge in [-0.3, -0.25) is 0 Å². The van der Waals surface area contributed by atoms with E-state index in [1.807, 2.05) is 36.9 Å². The van der Waals surface area contributed by atoms with Crippen molar-refractivity contribution in [3.63, 3.8) is 0 Å². The Bertz CT molecular complexity index is 2070. The molecule has 318 valence electrons. The van der Waals surface area contributed by atoms with Crippen LogP contribution in [0.2, 0.25) is 52.9 Å². The Balaban J connectivity index is 1.65. The number of hydrogen-bond donors (Lipinski definition) is 1. The smallest absolute Gasteiger partial charge is 0.192 e. The second-order valence-electron chi connectivity index (χ2n) is 20.3. The van der Waals surface area contributed by atoms with Crippen LogP contribution >= 0.6 is 11.8 Å². The molecule has 0 spiro atoms. The fraction of sp³-hybridized carbons (Fsp3) is 0.622. The molecule has 0 radical (unpaired) electrons. The van der Waals surface area contributed by atoms with E-state index in [9.17, 15) is 0 Å². The van der Waals surface area contributed by atoms with Crippen LogP contribution in [0.1, 0.15) is 106 Å². The molecule has 2 N–H and O–H groups in total. The van der Waals surface area contributed by atoms with Crippen molar-refractivity contribution in [2.24, 2.45) is 0 Å². The summed E-state index contributed by atoms with van der Waals surface area (Å²) in [5, 5.41) is 5.05. The third-order valence-corrected chi connectivity index (χ3v) is 29.8. The van der Waals surface area contributed by atoms with Gasteiger partial charge in [0.2, 0.25) is 0 Å². The second kappa shape index (κ2) is 17.3. The lowest BCUT2D eigenvalue weighted by molar-refractivity contribution is -0.0244. The third kappa shape index (κ3) is 9.14. The number of nitrogen functional groups attached to an aromatic ring is 1. The molecular weight excluding hydrogens is 791 g/mol. The van der Waals surface area contributed by atoms with Crippen LogP contribution < -0.4 is 5.73 Å². The second-order valence-corrected chi connectivity index (χ2v) is 36.4. The van der Waals surface area contributed by atoms with E-state index < -0.39 is 37.0 Å². The number of hydrogen-bond acceptors (Lipinski definition) is 9. The van der Waals surface area contributed by atoms with Crippen LogP contribution in [0.15, 0.2) is 47.4 Å². The fourth-order valence-electron chi connectivity index (χ4n) is 8.03. The Labute approximate surface area is 356 Å². The largest absolute Gasteiger partial charge is 0.408 e. The molecule has 0 unspecified atom stereocenters. The molecule has 4 heterocycles. The molecule has 0 bridgehead atoms. The highest BCUT2D eigenvalue weighted by molar-refractivity contribution is 7.98. The summed E-state index contributed by atoms with van der Waals surface area (Å²) in [7, 11) is -6.78. The first kappa shape index (κ1) is 46.4. The predicted octanol–water partition coefficient (Wildman–Crippen LogP) is 12.2. The van der Waals surface area contributed by atoms with Crippen molar-refractivity contribution in [2.75, 3.05) is 11.5 Å². The molecule has 1 aromatic carbocycles. The molecule has 1 saturated heterocycles. The zero-order valence-electron chi connectivity index (χ0n) is 38.4. The maximum Gasteiger partial charge on any atom is 0.192 e. The van der Waals surface area contributed by atoms with Crippen molar-refractivity contribution in [3.8, 4) is 22.8 Å². The van der Waals surface area contributed by atoms with Gasteiger partial charge in [0.25, 0.3) is 0 Å². The number of benzene rings is 1. The van der Waals surface area contributed by atoms with E-state index in [1.165, 1.54) is 0 Å². The molecule has 0 aliphatic carbocycles. The summed E-state index contributed by atoms with van der Waals surface area (Å²) in [6.07, 6.45) is 2.07. The van der Waals surface area contributed by atoms with Crippen molar-refractivity contribution < 1.29 is 18.1 Å². The van der Waals surface area contributed by atoms with Gasteiger partial charge < -0.3 is 28.4 Å². The van der Waals surface area contributed by atoms with Gasteiger partial charge in [-0.15, -0.1) is 5.54 Å². The Morgan fingerprint density at radius 1 is 0.862 bits per heavy atom. The highest BCUT2D eigenvalue weighted by atomic mass is 32.2. The van der Waals surface area contributed by atoms with Crippen molar-refractivity contribution in [1.82, 2.24) is 19.7 Å². The molecule has 4 aromatic rings. The summed E-state index contributed by atoms with van der Waals surface area (Å²) in [4.78, 5) is 9.35. The predicted molar refractivity (Wildman–Crippen MR) is 251 cm³/mol. The molecule has 5 rings (SSSR count). The summed E-state index contributed by atoms with van der Waals surface area (Å²) in [6, 6.07) is 10.2. The van der Waals surface area contributed by atoms with Crippen molar-refractivity contribution in [1.29, 1.82) is 0 Å². The van der Waals surface area contributed by atoms with Gasteiger partial charge in [0.15, 0.2) is 28.6 Å². The summed E-state index contributed by atoms with van der Waals surface area (Å²) < 4.78 is 30.4. The Hall–Kier alpha value is -2.71. The van der Waals surface area contributed by atoms with E-state index in [4.69, 9.17) is 28.8 Å². The number of anilines is 1. The summed E-state index contributed by atoms with van der Waals surface area (Å²) in [5.41, 5.74) is 16.7. The van der Waals surface area contributed by atoms with Gasteiger partial charge >= 0.3 is 0 Å². The quantitative estimate of drug-likeness (QED) is 0.104. The number of nitrogens with two attached hydrogens (primary N) is 1. The third-order valence-electron chi connectivity index (χ3n) is 13.5. The van der Waals surface area contributed by atoms with Crippen LogP contribution in [0.3, 0.4) is 0 Å². The Morgan fingerprint density at radius 3 is 1.98 bits per heavy atom. The minimum atomic E-state index is -2.38. The first-order valence-corrected chi connectivity index (χ1v) is 30.3. The zero-order chi connectivity index (χ0) is 43.2. The molecule has 1 aliphatic heterocycles. The minimum Gasteiger partial charge on any atom is -0.408 e. The van der Waals surface area contributed by atoms with E-state index in [0.717, 1.165) is 33.5 Å². The van der Waals surface area contributed by atoms with Gasteiger partial charge in [-0.1, -0.05) is 124 Å². The molecule has 0 saturated carbocycles. The zero-order valence-corrected chi connectivity index (χ0v) is 42.2. The SMILES string of the molecule is Cc1noc(-c2ccccc2)c1CSC[C@H]1O[C@@H](n2cc(C#C[Si](C(C)C)(C(C)C)C(C)C)c3c(N)ncnc32)[C@H](O[Si](C)(C)C(C)(C)C)[C@@H]1O[Si](C)(C)C(C)(C)C. The van der Waals surface area contributed by atoms with Crippen molar-refractivity contribution in [2.45, 2.75) is 173 Å². The standard InChI is InChI=1S/C45H71N5O4SSi3/c1-29(2)58(30(3)4,31(5)6)24-23-34-25-50(42-37(34)41(46)47-28-48-42)43-40(54-57(16,17)45(11,12)13)39(53-56(14,15)44(8,9)10)36(51-43)27-55-26-35-32(7)49-52-38(35)33-21-19-18-20-22-33/h18-22,25,28-31,36,39-40,43H,26-27H2,1-17H3,(H2,46,47,48)/t36-,39-,40-,43-/m1/s1. The number of aromatic nitrogens is 4. The van der Waals surface area contributed by atoms with Crippen molar-refractivity contribution >= 4 is 53.3 Å². The van der Waals surface area contributed by atoms with Crippen LogP contribution in [0.4, 0.5) is 5.82 Å². The topological polar surface area (TPSA) is 110 Å².